The maximum Gasteiger partial charge on any atom is 0.242 e. The monoisotopic (exact) mass is 384 g/mol. The summed E-state index contributed by atoms with van der Waals surface area (Å²) in [4.78, 5) is 3.62. The molecule has 1 aliphatic carbocycles. The summed E-state index contributed by atoms with van der Waals surface area (Å²) in [6.45, 7) is 2.33. The maximum absolute atomic E-state index is 13.1. The van der Waals surface area contributed by atoms with Crippen molar-refractivity contribution in [1.82, 2.24) is 9.29 Å². The summed E-state index contributed by atoms with van der Waals surface area (Å²) in [6, 6.07) is 13.2. The maximum atomic E-state index is 13.1. The lowest BCUT2D eigenvalue weighted by atomic mass is 9.95. The Morgan fingerprint density at radius 2 is 1.93 bits per heavy atom. The standard InChI is InChI=1S/C21H24N2O3S/c1-15-12-16(8-9-20(15)26-3)27(24,25)23(2)14-21(10-11-21)18-13-22-19-7-5-4-6-17(18)19/h4-9,12-13,22H,10-11,14H2,1-3H3. The number of ether oxygens (including phenoxy) is 1. The Kier molecular flexibility index (Phi) is 4.28. The molecule has 6 heteroatoms. The SMILES string of the molecule is COc1ccc(S(=O)(=O)N(C)CC2(c3c[nH]c4ccccc34)CC2)cc1C. The molecule has 142 valence electrons. The van der Waals surface area contributed by atoms with Gasteiger partial charge < -0.3 is 9.72 Å². The van der Waals surface area contributed by atoms with Gasteiger partial charge in [-0.15, -0.1) is 0 Å². The number of para-hydroxylation sites is 1. The van der Waals surface area contributed by atoms with Gasteiger partial charge in [0.15, 0.2) is 0 Å². The fourth-order valence-electron chi connectivity index (χ4n) is 3.88. The van der Waals surface area contributed by atoms with E-state index in [0.717, 1.165) is 23.9 Å². The topological polar surface area (TPSA) is 62.4 Å². The van der Waals surface area contributed by atoms with Gasteiger partial charge in [-0.2, -0.15) is 0 Å². The quantitative estimate of drug-likeness (QED) is 0.702. The molecule has 1 aromatic heterocycles. The average Bonchev–Trinajstić information content (AvgIpc) is 3.29. The van der Waals surface area contributed by atoms with Crippen molar-refractivity contribution in [3.05, 3.63) is 59.8 Å². The Morgan fingerprint density at radius 3 is 2.59 bits per heavy atom. The first-order valence-corrected chi connectivity index (χ1v) is 10.5. The van der Waals surface area contributed by atoms with E-state index in [1.54, 1.807) is 32.4 Å². The summed E-state index contributed by atoms with van der Waals surface area (Å²) >= 11 is 0. The highest BCUT2D eigenvalue weighted by Gasteiger charge is 2.48. The number of fused-ring (bicyclic) bond motifs is 1. The average molecular weight is 385 g/mol. The first-order valence-electron chi connectivity index (χ1n) is 9.05. The summed E-state index contributed by atoms with van der Waals surface area (Å²) in [5, 5.41) is 1.18. The highest BCUT2D eigenvalue weighted by atomic mass is 32.2. The van der Waals surface area contributed by atoms with Crippen molar-refractivity contribution in [3.8, 4) is 5.75 Å². The van der Waals surface area contributed by atoms with E-state index in [1.165, 1.54) is 15.3 Å². The third-order valence-electron chi connectivity index (χ3n) is 5.61. The zero-order chi connectivity index (χ0) is 19.2. The zero-order valence-electron chi connectivity index (χ0n) is 15.8. The molecule has 0 spiro atoms. The molecule has 0 radical (unpaired) electrons. The van der Waals surface area contributed by atoms with Gasteiger partial charge in [-0.05, 0) is 55.2 Å². The van der Waals surface area contributed by atoms with Crippen molar-refractivity contribution in [2.45, 2.75) is 30.1 Å². The first kappa shape index (κ1) is 18.1. The van der Waals surface area contributed by atoms with Gasteiger partial charge in [-0.25, -0.2) is 12.7 Å². The summed E-state index contributed by atoms with van der Waals surface area (Å²) < 4.78 is 32.9. The van der Waals surface area contributed by atoms with E-state index in [1.807, 2.05) is 25.3 Å². The van der Waals surface area contributed by atoms with E-state index < -0.39 is 10.0 Å². The molecular formula is C21H24N2O3S. The molecule has 1 saturated carbocycles. The Bertz CT molecular complexity index is 1100. The number of H-pyrrole nitrogens is 1. The lowest BCUT2D eigenvalue weighted by Gasteiger charge is -2.24. The van der Waals surface area contributed by atoms with Crippen molar-refractivity contribution in [3.63, 3.8) is 0 Å². The van der Waals surface area contributed by atoms with Gasteiger partial charge in [0.2, 0.25) is 10.0 Å². The number of nitrogens with zero attached hydrogens (tertiary/aromatic N) is 1. The summed E-state index contributed by atoms with van der Waals surface area (Å²) in [6.07, 6.45) is 4.03. The molecule has 0 atom stereocenters. The number of nitrogens with one attached hydrogen (secondary N) is 1. The van der Waals surface area contributed by atoms with Crippen LogP contribution in [0.4, 0.5) is 0 Å². The Labute approximate surface area is 160 Å². The molecule has 1 fully saturated rings. The van der Waals surface area contributed by atoms with Crippen molar-refractivity contribution in [1.29, 1.82) is 0 Å². The smallest absolute Gasteiger partial charge is 0.242 e. The number of aryl methyl sites for hydroxylation is 1. The highest BCUT2D eigenvalue weighted by Crippen LogP contribution is 2.51. The largest absolute Gasteiger partial charge is 0.496 e. The molecule has 5 nitrogen and oxygen atoms in total. The molecule has 27 heavy (non-hydrogen) atoms. The van der Waals surface area contributed by atoms with Crippen molar-refractivity contribution < 1.29 is 13.2 Å². The van der Waals surface area contributed by atoms with E-state index in [4.69, 9.17) is 4.74 Å². The number of rotatable bonds is 6. The van der Waals surface area contributed by atoms with Crippen LogP contribution < -0.4 is 4.74 Å². The predicted molar refractivity (Wildman–Crippen MR) is 107 cm³/mol. The molecule has 1 heterocycles. The van der Waals surface area contributed by atoms with Gasteiger partial charge in [0.25, 0.3) is 0 Å². The summed E-state index contributed by atoms with van der Waals surface area (Å²) in [5.74, 6) is 0.689. The number of hydrogen-bond donors (Lipinski definition) is 1. The van der Waals surface area contributed by atoms with Crippen LogP contribution in [0.1, 0.15) is 24.0 Å². The van der Waals surface area contributed by atoms with Crippen LogP contribution >= 0.6 is 0 Å². The molecule has 0 bridgehead atoms. The lowest BCUT2D eigenvalue weighted by Crippen LogP contribution is -2.34. The normalized spacial score (nSPS) is 16.0. The number of aromatic nitrogens is 1. The van der Waals surface area contributed by atoms with E-state index >= 15 is 0 Å². The fraction of sp³-hybridized carbons (Fsp3) is 0.333. The second kappa shape index (κ2) is 6.39. The van der Waals surface area contributed by atoms with Crippen molar-refractivity contribution >= 4 is 20.9 Å². The second-order valence-electron chi connectivity index (χ2n) is 7.42. The van der Waals surface area contributed by atoms with Crippen LogP contribution in [0.25, 0.3) is 10.9 Å². The van der Waals surface area contributed by atoms with Gasteiger partial charge in [-0.1, -0.05) is 18.2 Å². The highest BCUT2D eigenvalue weighted by molar-refractivity contribution is 7.89. The van der Waals surface area contributed by atoms with Crippen LogP contribution in [0.15, 0.2) is 53.6 Å². The number of methoxy groups -OCH3 is 1. The third kappa shape index (κ3) is 3.03. The molecule has 0 saturated heterocycles. The fourth-order valence-corrected chi connectivity index (χ4v) is 5.22. The van der Waals surface area contributed by atoms with Crippen LogP contribution in [0.5, 0.6) is 5.75 Å². The minimum Gasteiger partial charge on any atom is -0.496 e. The zero-order valence-corrected chi connectivity index (χ0v) is 16.6. The van der Waals surface area contributed by atoms with Crippen LogP contribution in [-0.4, -0.2) is 38.4 Å². The lowest BCUT2D eigenvalue weighted by molar-refractivity contribution is 0.410. The molecular weight excluding hydrogens is 360 g/mol. The molecule has 1 N–H and O–H groups in total. The van der Waals surface area contributed by atoms with Crippen LogP contribution in [0, 0.1) is 6.92 Å². The van der Waals surface area contributed by atoms with E-state index in [9.17, 15) is 8.42 Å². The molecule has 0 unspecified atom stereocenters. The minimum atomic E-state index is -3.56. The molecule has 3 aromatic rings. The van der Waals surface area contributed by atoms with Gasteiger partial charge >= 0.3 is 0 Å². The van der Waals surface area contributed by atoms with Gasteiger partial charge in [-0.3, -0.25) is 0 Å². The molecule has 2 aromatic carbocycles. The first-order chi connectivity index (χ1) is 12.9. The number of hydrogen-bond acceptors (Lipinski definition) is 3. The predicted octanol–water partition coefficient (Wildman–Crippen LogP) is 3.84. The van der Waals surface area contributed by atoms with E-state index in [0.29, 0.717) is 17.2 Å². The molecule has 1 aliphatic rings. The molecule has 0 aliphatic heterocycles. The second-order valence-corrected chi connectivity index (χ2v) is 9.47. The Morgan fingerprint density at radius 1 is 1.19 bits per heavy atom. The Hall–Kier alpha value is -2.31. The number of sulfonamides is 1. The van der Waals surface area contributed by atoms with Gasteiger partial charge in [0.05, 0.1) is 12.0 Å². The van der Waals surface area contributed by atoms with E-state index in [-0.39, 0.29) is 5.41 Å². The van der Waals surface area contributed by atoms with Crippen LogP contribution in [0.2, 0.25) is 0 Å². The summed E-state index contributed by atoms with van der Waals surface area (Å²) in [7, 11) is -0.302. The third-order valence-corrected chi connectivity index (χ3v) is 7.41. The van der Waals surface area contributed by atoms with E-state index in [2.05, 4.69) is 17.1 Å². The number of likely N-dealkylation sites (N-methyl/N-ethyl adjacent to an activating group) is 1. The number of benzene rings is 2. The van der Waals surface area contributed by atoms with Gasteiger partial charge in [0, 0.05) is 36.1 Å². The van der Waals surface area contributed by atoms with Gasteiger partial charge in [0.1, 0.15) is 5.75 Å². The van der Waals surface area contributed by atoms with Crippen LogP contribution in [-0.2, 0) is 15.4 Å². The number of aromatic amines is 1. The summed E-state index contributed by atoms with van der Waals surface area (Å²) in [5.41, 5.74) is 3.01. The van der Waals surface area contributed by atoms with Crippen LogP contribution in [0.3, 0.4) is 0 Å². The minimum absolute atomic E-state index is 0.108. The van der Waals surface area contributed by atoms with Crippen molar-refractivity contribution in [2.24, 2.45) is 0 Å². The van der Waals surface area contributed by atoms with Crippen molar-refractivity contribution in [2.75, 3.05) is 20.7 Å². The molecule has 0 amide bonds. The Balaban J connectivity index is 1.63. The molecule has 4 rings (SSSR count).